The second-order valence-corrected chi connectivity index (χ2v) is 6.89. The fraction of sp³-hybridized carbons (Fsp3) is 0.235. The normalized spacial score (nSPS) is 15.9. The predicted molar refractivity (Wildman–Crippen MR) is 87.7 cm³/mol. The van der Waals surface area contributed by atoms with E-state index in [0.29, 0.717) is 0 Å². The van der Waals surface area contributed by atoms with Gasteiger partial charge in [0.05, 0.1) is 21.8 Å². The molecule has 2 heterocycles. The van der Waals surface area contributed by atoms with Crippen molar-refractivity contribution < 1.29 is 4.79 Å². The van der Waals surface area contributed by atoms with Gasteiger partial charge in [0.2, 0.25) is 5.91 Å². The van der Waals surface area contributed by atoms with Gasteiger partial charge in [-0.2, -0.15) is 0 Å². The molecule has 0 bridgehead atoms. The Morgan fingerprint density at radius 3 is 2.73 bits per heavy atom. The van der Waals surface area contributed by atoms with Crippen LogP contribution in [0.3, 0.4) is 0 Å². The van der Waals surface area contributed by atoms with E-state index in [0.717, 1.165) is 45.6 Å². The number of aromatic nitrogens is 2. The molecule has 22 heavy (non-hydrogen) atoms. The maximum atomic E-state index is 11.6. The first-order valence-electron chi connectivity index (χ1n) is 7.21. The van der Waals surface area contributed by atoms with Crippen LogP contribution in [0.4, 0.5) is 0 Å². The standard InChI is InChI=1S/C17H15N3OS/c1-10-20-14(9-22-10)12-3-2-11-7-15(19-8-13(11)6-12)17(4-5-17)16(18)21/h2-3,6-9H,4-5H2,1H3,(H2,18,21). The molecule has 1 aliphatic carbocycles. The van der Waals surface area contributed by atoms with Crippen LogP contribution in [0.25, 0.3) is 22.0 Å². The quantitative estimate of drug-likeness (QED) is 0.808. The van der Waals surface area contributed by atoms with Crippen LogP contribution in [-0.2, 0) is 10.2 Å². The van der Waals surface area contributed by atoms with Gasteiger partial charge in [-0.1, -0.05) is 12.1 Å². The summed E-state index contributed by atoms with van der Waals surface area (Å²) in [6.07, 6.45) is 3.43. The molecule has 4 rings (SSSR count). The number of carbonyl (C=O) groups excluding carboxylic acids is 1. The highest BCUT2D eigenvalue weighted by Gasteiger charge is 2.51. The second kappa shape index (κ2) is 4.61. The molecule has 0 atom stereocenters. The number of carbonyl (C=O) groups is 1. The minimum absolute atomic E-state index is 0.270. The van der Waals surface area contributed by atoms with E-state index in [1.807, 2.05) is 19.2 Å². The average Bonchev–Trinajstić information content (AvgIpc) is 3.23. The molecule has 1 saturated carbocycles. The van der Waals surface area contributed by atoms with Gasteiger partial charge in [-0.15, -0.1) is 11.3 Å². The molecule has 1 fully saturated rings. The maximum Gasteiger partial charge on any atom is 0.229 e. The number of amides is 1. The minimum atomic E-state index is -0.529. The van der Waals surface area contributed by atoms with E-state index >= 15 is 0 Å². The summed E-state index contributed by atoms with van der Waals surface area (Å²) in [5.41, 5.74) is 7.87. The van der Waals surface area contributed by atoms with E-state index in [1.54, 1.807) is 11.3 Å². The van der Waals surface area contributed by atoms with Crippen LogP contribution in [-0.4, -0.2) is 15.9 Å². The number of fused-ring (bicyclic) bond motifs is 1. The lowest BCUT2D eigenvalue weighted by molar-refractivity contribution is -0.120. The maximum absolute atomic E-state index is 11.6. The van der Waals surface area contributed by atoms with Gasteiger partial charge < -0.3 is 5.73 Å². The Balaban J connectivity index is 1.78. The summed E-state index contributed by atoms with van der Waals surface area (Å²) in [6.45, 7) is 2.00. The van der Waals surface area contributed by atoms with Gasteiger partial charge in [0.15, 0.2) is 0 Å². The predicted octanol–water partition coefficient (Wildman–Crippen LogP) is 3.18. The summed E-state index contributed by atoms with van der Waals surface area (Å²) < 4.78 is 0. The average molecular weight is 309 g/mol. The first-order chi connectivity index (χ1) is 10.6. The molecule has 2 aromatic heterocycles. The third-order valence-electron chi connectivity index (χ3n) is 4.35. The molecular formula is C17H15N3OS. The molecule has 2 N–H and O–H groups in total. The number of pyridine rings is 1. The van der Waals surface area contributed by atoms with Crippen molar-refractivity contribution in [1.29, 1.82) is 0 Å². The van der Waals surface area contributed by atoms with Gasteiger partial charge in [0, 0.05) is 22.5 Å². The van der Waals surface area contributed by atoms with Crippen LogP contribution in [0.1, 0.15) is 23.5 Å². The molecule has 5 heteroatoms. The smallest absolute Gasteiger partial charge is 0.229 e. The van der Waals surface area contributed by atoms with E-state index in [9.17, 15) is 4.79 Å². The number of nitrogens with zero attached hydrogens (tertiary/aromatic N) is 2. The zero-order valence-corrected chi connectivity index (χ0v) is 13.0. The van der Waals surface area contributed by atoms with Crippen LogP contribution in [0.15, 0.2) is 35.8 Å². The van der Waals surface area contributed by atoms with Crippen LogP contribution >= 0.6 is 11.3 Å². The van der Waals surface area contributed by atoms with Crippen LogP contribution < -0.4 is 5.73 Å². The highest BCUT2D eigenvalue weighted by atomic mass is 32.1. The first kappa shape index (κ1) is 13.4. The SMILES string of the molecule is Cc1nc(-c2ccc3cc(C4(C(N)=O)CC4)ncc3c2)cs1. The number of benzene rings is 1. The van der Waals surface area contributed by atoms with Crippen molar-refractivity contribution in [3.63, 3.8) is 0 Å². The van der Waals surface area contributed by atoms with Gasteiger partial charge in [0.25, 0.3) is 0 Å². The lowest BCUT2D eigenvalue weighted by Gasteiger charge is -2.11. The molecule has 0 aliphatic heterocycles. The summed E-state index contributed by atoms with van der Waals surface area (Å²) in [5.74, 6) is -0.270. The fourth-order valence-electron chi connectivity index (χ4n) is 2.81. The van der Waals surface area contributed by atoms with Crippen molar-refractivity contribution >= 4 is 28.0 Å². The van der Waals surface area contributed by atoms with Crippen LogP contribution in [0.5, 0.6) is 0 Å². The number of aryl methyl sites for hydroxylation is 1. The van der Waals surface area contributed by atoms with Crippen molar-refractivity contribution in [3.05, 3.63) is 46.5 Å². The van der Waals surface area contributed by atoms with Crippen molar-refractivity contribution in [2.75, 3.05) is 0 Å². The van der Waals surface area contributed by atoms with E-state index in [4.69, 9.17) is 5.73 Å². The minimum Gasteiger partial charge on any atom is -0.369 e. The number of hydrogen-bond donors (Lipinski definition) is 1. The number of hydrogen-bond acceptors (Lipinski definition) is 4. The highest BCUT2D eigenvalue weighted by molar-refractivity contribution is 7.09. The molecule has 3 aromatic rings. The van der Waals surface area contributed by atoms with Crippen LogP contribution in [0, 0.1) is 6.92 Å². The molecule has 110 valence electrons. The van der Waals surface area contributed by atoms with Gasteiger partial charge >= 0.3 is 0 Å². The zero-order chi connectivity index (χ0) is 15.3. The van der Waals surface area contributed by atoms with E-state index in [-0.39, 0.29) is 5.91 Å². The van der Waals surface area contributed by atoms with Gasteiger partial charge in [-0.05, 0) is 37.3 Å². The number of primary amides is 1. The molecule has 0 saturated heterocycles. The second-order valence-electron chi connectivity index (χ2n) is 5.83. The Labute approximate surface area is 132 Å². The molecule has 1 aliphatic rings. The molecule has 1 aromatic carbocycles. The lowest BCUT2D eigenvalue weighted by atomic mass is 9.98. The first-order valence-corrected chi connectivity index (χ1v) is 8.09. The van der Waals surface area contributed by atoms with E-state index < -0.39 is 5.41 Å². The number of thiazole rings is 1. The Hall–Kier alpha value is -2.27. The van der Waals surface area contributed by atoms with Gasteiger partial charge in [-0.3, -0.25) is 9.78 Å². The van der Waals surface area contributed by atoms with E-state index in [1.165, 1.54) is 0 Å². The Morgan fingerprint density at radius 1 is 1.27 bits per heavy atom. The zero-order valence-electron chi connectivity index (χ0n) is 12.2. The number of rotatable bonds is 3. The van der Waals surface area contributed by atoms with Gasteiger partial charge in [0.1, 0.15) is 0 Å². The molecule has 0 spiro atoms. The van der Waals surface area contributed by atoms with Crippen molar-refractivity contribution in [3.8, 4) is 11.3 Å². The summed E-state index contributed by atoms with van der Waals surface area (Å²) in [5, 5.41) is 5.24. The summed E-state index contributed by atoms with van der Waals surface area (Å²) >= 11 is 1.64. The van der Waals surface area contributed by atoms with Crippen molar-refractivity contribution in [2.45, 2.75) is 25.2 Å². The largest absolute Gasteiger partial charge is 0.369 e. The molecule has 0 radical (unpaired) electrons. The monoisotopic (exact) mass is 309 g/mol. The number of nitrogens with two attached hydrogens (primary N) is 1. The summed E-state index contributed by atoms with van der Waals surface area (Å²) in [7, 11) is 0. The Kier molecular flexibility index (Phi) is 2.81. The fourth-order valence-corrected chi connectivity index (χ4v) is 3.43. The molecule has 0 unspecified atom stereocenters. The van der Waals surface area contributed by atoms with Crippen LogP contribution in [0.2, 0.25) is 0 Å². The summed E-state index contributed by atoms with van der Waals surface area (Å²) in [4.78, 5) is 20.6. The topological polar surface area (TPSA) is 68.9 Å². The Morgan fingerprint density at radius 2 is 2.09 bits per heavy atom. The van der Waals surface area contributed by atoms with E-state index in [2.05, 4.69) is 33.5 Å². The lowest BCUT2D eigenvalue weighted by Crippen LogP contribution is -2.29. The molecule has 4 nitrogen and oxygen atoms in total. The third-order valence-corrected chi connectivity index (χ3v) is 5.12. The van der Waals surface area contributed by atoms with Gasteiger partial charge in [-0.25, -0.2) is 4.98 Å². The highest BCUT2D eigenvalue weighted by Crippen LogP contribution is 2.47. The third kappa shape index (κ3) is 2.01. The Bertz CT molecular complexity index is 896. The van der Waals surface area contributed by atoms with Crippen molar-refractivity contribution in [1.82, 2.24) is 9.97 Å². The molecular weight excluding hydrogens is 294 g/mol. The van der Waals surface area contributed by atoms with Crippen molar-refractivity contribution in [2.24, 2.45) is 5.73 Å². The molecule has 1 amide bonds. The summed E-state index contributed by atoms with van der Waals surface area (Å²) in [6, 6.07) is 8.19.